The molecule has 3 rings (SSSR count). The molecule has 0 fully saturated rings. The molecule has 1 heterocycles. The number of nitrogen functional groups attached to an aromatic ring is 1. The molecule has 1 aromatic heterocycles. The number of hydrogen-bond acceptors (Lipinski definition) is 5. The fourth-order valence-electron chi connectivity index (χ4n) is 2.97. The summed E-state index contributed by atoms with van der Waals surface area (Å²) in [5.74, 6) is 2.02. The first-order chi connectivity index (χ1) is 13.7. The van der Waals surface area contributed by atoms with Crippen molar-refractivity contribution in [3.8, 4) is 22.8 Å². The number of aromatic nitrogens is 1. The van der Waals surface area contributed by atoms with Crippen molar-refractivity contribution in [3.05, 3.63) is 72.3 Å². The predicted octanol–water partition coefficient (Wildman–Crippen LogP) is 4.24. The summed E-state index contributed by atoms with van der Waals surface area (Å²) in [4.78, 5) is 6.63. The molecule has 2 N–H and O–H groups in total. The minimum Gasteiger partial charge on any atom is -0.493 e. The Kier molecular flexibility index (Phi) is 6.87. The van der Waals surface area contributed by atoms with Gasteiger partial charge in [0.1, 0.15) is 23.9 Å². The lowest BCUT2D eigenvalue weighted by Gasteiger charge is -2.18. The number of benzene rings is 2. The highest BCUT2D eigenvalue weighted by Crippen LogP contribution is 2.33. The highest BCUT2D eigenvalue weighted by Gasteiger charge is 2.10. The second-order valence-corrected chi connectivity index (χ2v) is 6.61. The molecule has 0 bridgehead atoms. The lowest BCUT2D eigenvalue weighted by atomic mass is 10.1. The van der Waals surface area contributed by atoms with Crippen LogP contribution in [0.25, 0.3) is 11.3 Å². The van der Waals surface area contributed by atoms with Crippen LogP contribution < -0.4 is 15.2 Å². The summed E-state index contributed by atoms with van der Waals surface area (Å²) < 4.78 is 11.8. The third-order valence-electron chi connectivity index (χ3n) is 4.34. The summed E-state index contributed by atoms with van der Waals surface area (Å²) in [5, 5.41) is 0. The molecule has 5 heteroatoms. The van der Waals surface area contributed by atoms with Gasteiger partial charge in [0.15, 0.2) is 0 Å². The third-order valence-corrected chi connectivity index (χ3v) is 4.34. The minimum atomic E-state index is 0.488. The van der Waals surface area contributed by atoms with Crippen LogP contribution in [-0.4, -0.2) is 36.7 Å². The molecule has 0 saturated heterocycles. The standard InChI is InChI=1S/C23H27N3O2/c1-3-27-22-16-19(12-13-20(22)21-10-7-11-23(24)25-21)28-15-14-26(2)17-18-8-5-4-6-9-18/h4-13,16H,3,14-15,17H2,1-2H3,(H2,24,25). The van der Waals surface area contributed by atoms with E-state index >= 15 is 0 Å². The van der Waals surface area contributed by atoms with Crippen molar-refractivity contribution >= 4 is 5.82 Å². The van der Waals surface area contributed by atoms with Crippen molar-refractivity contribution in [3.63, 3.8) is 0 Å². The Hall–Kier alpha value is -3.05. The molecule has 0 atom stereocenters. The van der Waals surface area contributed by atoms with E-state index in [-0.39, 0.29) is 0 Å². The van der Waals surface area contributed by atoms with Crippen molar-refractivity contribution in [2.75, 3.05) is 32.5 Å². The maximum absolute atomic E-state index is 5.95. The molecule has 0 unspecified atom stereocenters. The number of nitrogens with two attached hydrogens (primary N) is 1. The molecule has 0 radical (unpaired) electrons. The Morgan fingerprint density at radius 3 is 2.54 bits per heavy atom. The first-order valence-corrected chi connectivity index (χ1v) is 9.50. The molecule has 146 valence electrons. The Morgan fingerprint density at radius 2 is 1.79 bits per heavy atom. The van der Waals surface area contributed by atoms with Gasteiger partial charge in [-0.3, -0.25) is 4.90 Å². The van der Waals surface area contributed by atoms with Crippen molar-refractivity contribution in [1.82, 2.24) is 9.88 Å². The number of pyridine rings is 1. The quantitative estimate of drug-likeness (QED) is 0.604. The van der Waals surface area contributed by atoms with Crippen LogP contribution >= 0.6 is 0 Å². The van der Waals surface area contributed by atoms with E-state index in [1.54, 1.807) is 6.07 Å². The van der Waals surface area contributed by atoms with Gasteiger partial charge in [0.2, 0.25) is 0 Å². The zero-order valence-corrected chi connectivity index (χ0v) is 16.5. The van der Waals surface area contributed by atoms with E-state index in [0.29, 0.717) is 19.0 Å². The molecular weight excluding hydrogens is 350 g/mol. The number of hydrogen-bond donors (Lipinski definition) is 1. The Bertz CT molecular complexity index is 884. The van der Waals surface area contributed by atoms with Gasteiger partial charge in [0.25, 0.3) is 0 Å². The van der Waals surface area contributed by atoms with Gasteiger partial charge in [-0.1, -0.05) is 36.4 Å². The topological polar surface area (TPSA) is 60.6 Å². The zero-order valence-electron chi connectivity index (χ0n) is 16.5. The lowest BCUT2D eigenvalue weighted by Crippen LogP contribution is -2.23. The molecule has 0 amide bonds. The largest absolute Gasteiger partial charge is 0.493 e. The number of nitrogens with zero attached hydrogens (tertiary/aromatic N) is 2. The maximum atomic E-state index is 5.95. The van der Waals surface area contributed by atoms with Crippen molar-refractivity contribution in [2.24, 2.45) is 0 Å². The smallest absolute Gasteiger partial charge is 0.132 e. The monoisotopic (exact) mass is 377 g/mol. The van der Waals surface area contributed by atoms with E-state index in [1.807, 2.05) is 43.3 Å². The van der Waals surface area contributed by atoms with Gasteiger partial charge < -0.3 is 15.2 Å². The number of likely N-dealkylation sites (N-methyl/N-ethyl adjacent to an activating group) is 1. The van der Waals surface area contributed by atoms with Crippen molar-refractivity contribution in [2.45, 2.75) is 13.5 Å². The Balaban J connectivity index is 1.62. The summed E-state index contributed by atoms with van der Waals surface area (Å²) in [6, 6.07) is 21.8. The average molecular weight is 377 g/mol. The van der Waals surface area contributed by atoms with E-state index in [9.17, 15) is 0 Å². The second-order valence-electron chi connectivity index (χ2n) is 6.61. The third kappa shape index (κ3) is 5.47. The summed E-state index contributed by atoms with van der Waals surface area (Å²) in [6.45, 7) is 4.86. The van der Waals surface area contributed by atoms with Gasteiger partial charge >= 0.3 is 0 Å². The van der Waals surface area contributed by atoms with Crippen molar-refractivity contribution < 1.29 is 9.47 Å². The fourth-order valence-corrected chi connectivity index (χ4v) is 2.97. The van der Waals surface area contributed by atoms with Crippen LogP contribution in [0.4, 0.5) is 5.82 Å². The van der Waals surface area contributed by atoms with E-state index < -0.39 is 0 Å². The molecule has 28 heavy (non-hydrogen) atoms. The number of rotatable bonds is 9. The normalized spacial score (nSPS) is 10.8. The average Bonchev–Trinajstić information content (AvgIpc) is 2.69. The zero-order chi connectivity index (χ0) is 19.8. The molecule has 3 aromatic rings. The molecule has 0 spiro atoms. The Morgan fingerprint density at radius 1 is 0.964 bits per heavy atom. The van der Waals surface area contributed by atoms with E-state index in [2.05, 4.69) is 41.2 Å². The van der Waals surface area contributed by atoms with Crippen molar-refractivity contribution in [1.29, 1.82) is 0 Å². The van der Waals surface area contributed by atoms with Crippen LogP contribution in [0.3, 0.4) is 0 Å². The molecular formula is C23H27N3O2. The van der Waals surface area contributed by atoms with Gasteiger partial charge in [-0.05, 0) is 43.8 Å². The number of ether oxygens (including phenoxy) is 2. The van der Waals surface area contributed by atoms with E-state index in [0.717, 1.165) is 35.8 Å². The van der Waals surface area contributed by atoms with Crippen LogP contribution in [0.15, 0.2) is 66.7 Å². The van der Waals surface area contributed by atoms with Gasteiger partial charge in [-0.15, -0.1) is 0 Å². The lowest BCUT2D eigenvalue weighted by molar-refractivity contribution is 0.232. The fraction of sp³-hybridized carbons (Fsp3) is 0.261. The van der Waals surface area contributed by atoms with Crippen LogP contribution in [0.5, 0.6) is 11.5 Å². The molecule has 2 aromatic carbocycles. The SMILES string of the molecule is CCOc1cc(OCCN(C)Cc2ccccc2)ccc1-c1cccc(N)n1. The minimum absolute atomic E-state index is 0.488. The molecule has 0 aliphatic rings. The van der Waals surface area contributed by atoms with Gasteiger partial charge in [-0.2, -0.15) is 0 Å². The molecule has 0 aliphatic carbocycles. The first kappa shape index (κ1) is 19.7. The molecule has 0 aliphatic heterocycles. The van der Waals surface area contributed by atoms with Gasteiger partial charge in [0.05, 0.1) is 12.3 Å². The predicted molar refractivity (Wildman–Crippen MR) is 114 cm³/mol. The summed E-state index contributed by atoms with van der Waals surface area (Å²) >= 11 is 0. The highest BCUT2D eigenvalue weighted by molar-refractivity contribution is 5.69. The van der Waals surface area contributed by atoms with Crippen LogP contribution in [0.2, 0.25) is 0 Å². The number of anilines is 1. The van der Waals surface area contributed by atoms with Crippen LogP contribution in [0.1, 0.15) is 12.5 Å². The van der Waals surface area contributed by atoms with E-state index in [1.165, 1.54) is 5.56 Å². The summed E-state index contributed by atoms with van der Waals surface area (Å²) in [7, 11) is 2.09. The maximum Gasteiger partial charge on any atom is 0.132 e. The second kappa shape index (κ2) is 9.76. The molecule has 0 saturated carbocycles. The van der Waals surface area contributed by atoms with Crippen LogP contribution in [-0.2, 0) is 6.54 Å². The summed E-state index contributed by atoms with van der Waals surface area (Å²) in [6.07, 6.45) is 0. The van der Waals surface area contributed by atoms with Crippen LogP contribution in [0, 0.1) is 0 Å². The summed E-state index contributed by atoms with van der Waals surface area (Å²) in [5.41, 5.74) is 8.81. The van der Waals surface area contributed by atoms with Gasteiger partial charge in [0, 0.05) is 24.7 Å². The Labute approximate surface area is 166 Å². The van der Waals surface area contributed by atoms with E-state index in [4.69, 9.17) is 15.2 Å². The highest BCUT2D eigenvalue weighted by atomic mass is 16.5. The van der Waals surface area contributed by atoms with Gasteiger partial charge in [-0.25, -0.2) is 4.98 Å². The molecule has 5 nitrogen and oxygen atoms in total. The first-order valence-electron chi connectivity index (χ1n) is 9.50.